The monoisotopic (exact) mass is 512 g/mol. The maximum Gasteiger partial charge on any atom is 0.277 e. The van der Waals surface area contributed by atoms with Gasteiger partial charge in [-0.2, -0.15) is 5.10 Å². The van der Waals surface area contributed by atoms with Gasteiger partial charge in [-0.25, -0.2) is 18.7 Å². The maximum absolute atomic E-state index is 14.9. The first kappa shape index (κ1) is 23.1. The largest absolute Gasteiger partial charge is 0.367 e. The van der Waals surface area contributed by atoms with E-state index < -0.39 is 17.2 Å². The van der Waals surface area contributed by atoms with Crippen molar-refractivity contribution in [1.29, 1.82) is 0 Å². The van der Waals surface area contributed by atoms with Crippen LogP contribution in [-0.4, -0.2) is 43.3 Å². The Kier molecular flexibility index (Phi) is 5.53. The smallest absolute Gasteiger partial charge is 0.277 e. The number of halogens is 3. The average molecular weight is 513 g/mol. The van der Waals surface area contributed by atoms with E-state index in [-0.39, 0.29) is 34.1 Å². The molecule has 1 saturated carbocycles. The Hall–Kier alpha value is -3.37. The maximum atomic E-state index is 14.9. The van der Waals surface area contributed by atoms with Crippen LogP contribution in [0, 0.1) is 18.6 Å². The zero-order valence-electron chi connectivity index (χ0n) is 19.7. The average Bonchev–Trinajstić information content (AvgIpc) is 3.58. The first-order chi connectivity index (χ1) is 17.3. The van der Waals surface area contributed by atoms with Gasteiger partial charge < -0.3 is 9.64 Å². The van der Waals surface area contributed by atoms with E-state index in [9.17, 15) is 13.6 Å². The summed E-state index contributed by atoms with van der Waals surface area (Å²) >= 11 is 6.22. The number of nitrogens with zero attached hydrogens (tertiary/aromatic N) is 6. The minimum absolute atomic E-state index is 0.0316. The predicted molar refractivity (Wildman–Crippen MR) is 130 cm³/mol. The van der Waals surface area contributed by atoms with Gasteiger partial charge >= 0.3 is 0 Å². The molecule has 1 saturated heterocycles. The van der Waals surface area contributed by atoms with Crippen LogP contribution in [0.3, 0.4) is 0 Å². The lowest BCUT2D eigenvalue weighted by molar-refractivity contribution is -0.0176. The molecule has 1 aliphatic carbocycles. The highest BCUT2D eigenvalue weighted by molar-refractivity contribution is 6.31. The van der Waals surface area contributed by atoms with Crippen molar-refractivity contribution < 1.29 is 13.5 Å². The Labute approximate surface area is 210 Å². The van der Waals surface area contributed by atoms with Gasteiger partial charge in [-0.1, -0.05) is 11.6 Å². The Morgan fingerprint density at radius 2 is 1.94 bits per heavy atom. The van der Waals surface area contributed by atoms with E-state index in [1.54, 1.807) is 13.1 Å². The molecule has 2 aliphatic rings. The molecule has 0 unspecified atom stereocenters. The molecule has 186 valence electrons. The first-order valence-corrected chi connectivity index (χ1v) is 12.2. The molecule has 0 radical (unpaired) electrons. The van der Waals surface area contributed by atoms with Gasteiger partial charge in [0.05, 0.1) is 36.8 Å². The second-order valence-electron chi connectivity index (χ2n) is 9.41. The van der Waals surface area contributed by atoms with Crippen molar-refractivity contribution in [2.45, 2.75) is 44.9 Å². The first-order valence-electron chi connectivity index (χ1n) is 11.8. The summed E-state index contributed by atoms with van der Waals surface area (Å²) in [6.45, 7) is 4.50. The zero-order valence-corrected chi connectivity index (χ0v) is 20.4. The highest BCUT2D eigenvalue weighted by atomic mass is 35.5. The summed E-state index contributed by atoms with van der Waals surface area (Å²) in [5.41, 5.74) is 1.07. The molecule has 3 aromatic heterocycles. The fourth-order valence-electron chi connectivity index (χ4n) is 4.61. The van der Waals surface area contributed by atoms with Crippen LogP contribution in [0.15, 0.2) is 41.6 Å². The summed E-state index contributed by atoms with van der Waals surface area (Å²) in [5, 5.41) is 4.45. The normalized spacial score (nSPS) is 20.3. The van der Waals surface area contributed by atoms with Crippen LogP contribution in [0.4, 0.5) is 14.6 Å². The Bertz CT molecular complexity index is 1550. The van der Waals surface area contributed by atoms with E-state index in [2.05, 4.69) is 10.1 Å². The SMILES string of the molecule is Cc1nc2c(-c3ccc(F)cc3F)nc(N3C[C@@H](C)O[C@H](c4cnn(C5CC5)c4)C3)cn2c(=O)c1Cl. The van der Waals surface area contributed by atoms with Gasteiger partial charge in [-0.05, 0) is 38.8 Å². The molecular weight excluding hydrogens is 490 g/mol. The number of aromatic nitrogens is 5. The predicted octanol–water partition coefficient (Wildman–Crippen LogP) is 4.49. The minimum atomic E-state index is -0.802. The molecular formula is C25H23ClF2N6O2. The van der Waals surface area contributed by atoms with E-state index in [1.165, 1.54) is 10.5 Å². The topological polar surface area (TPSA) is 77.6 Å². The standard InChI is InChI=1S/C25H23ClF2N6O2/c1-13-9-32(11-20(36-13)15-8-29-34(10-15)17-4-5-17)21-12-33-24(30-14(2)22(26)25(33)35)23(31-21)18-6-3-16(27)7-19(18)28/h3,6-8,10,12-13,17,20H,4-5,9,11H2,1-2H3/t13-,20+/m1/s1. The van der Waals surface area contributed by atoms with Crippen molar-refractivity contribution in [2.24, 2.45) is 0 Å². The molecule has 36 heavy (non-hydrogen) atoms. The van der Waals surface area contributed by atoms with Crippen LogP contribution in [0.1, 0.15) is 43.2 Å². The van der Waals surface area contributed by atoms with Gasteiger partial charge in [0.1, 0.15) is 34.3 Å². The molecule has 0 spiro atoms. The number of morpholine rings is 1. The van der Waals surface area contributed by atoms with E-state index in [1.807, 2.05) is 28.9 Å². The molecule has 6 rings (SSSR count). The second kappa shape index (κ2) is 8.63. The lowest BCUT2D eigenvalue weighted by atomic mass is 10.1. The Balaban J connectivity index is 1.47. The third-order valence-corrected chi connectivity index (χ3v) is 7.03. The summed E-state index contributed by atoms with van der Waals surface area (Å²) in [6.07, 6.45) is 7.25. The van der Waals surface area contributed by atoms with Crippen LogP contribution >= 0.6 is 11.6 Å². The summed E-state index contributed by atoms with van der Waals surface area (Å²) < 4.78 is 38.0. The molecule has 4 heterocycles. The van der Waals surface area contributed by atoms with Crippen molar-refractivity contribution in [2.75, 3.05) is 18.0 Å². The number of anilines is 1. The molecule has 0 amide bonds. The third-order valence-electron chi connectivity index (χ3n) is 6.59. The molecule has 0 N–H and O–H groups in total. The van der Waals surface area contributed by atoms with Crippen molar-refractivity contribution >= 4 is 23.1 Å². The lowest BCUT2D eigenvalue weighted by Gasteiger charge is -2.37. The van der Waals surface area contributed by atoms with Crippen molar-refractivity contribution in [3.05, 3.63) is 75.1 Å². The van der Waals surface area contributed by atoms with E-state index in [0.717, 1.165) is 30.5 Å². The van der Waals surface area contributed by atoms with Crippen LogP contribution in [0.2, 0.25) is 5.02 Å². The zero-order chi connectivity index (χ0) is 25.1. The van der Waals surface area contributed by atoms with Crippen LogP contribution in [0.5, 0.6) is 0 Å². The van der Waals surface area contributed by atoms with Crippen LogP contribution < -0.4 is 10.5 Å². The molecule has 4 aromatic rings. The molecule has 2 fully saturated rings. The van der Waals surface area contributed by atoms with Crippen molar-refractivity contribution in [1.82, 2.24) is 24.1 Å². The summed E-state index contributed by atoms with van der Waals surface area (Å²) in [4.78, 5) is 24.2. The number of ether oxygens (including phenoxy) is 1. The van der Waals surface area contributed by atoms with Gasteiger partial charge in [0, 0.05) is 29.9 Å². The van der Waals surface area contributed by atoms with Gasteiger partial charge in [-0.15, -0.1) is 0 Å². The third kappa shape index (κ3) is 4.04. The second-order valence-corrected chi connectivity index (χ2v) is 9.78. The number of hydrogen-bond donors (Lipinski definition) is 0. The molecule has 2 atom stereocenters. The number of aryl methyl sites for hydroxylation is 1. The molecule has 8 nitrogen and oxygen atoms in total. The van der Waals surface area contributed by atoms with Crippen LogP contribution in [-0.2, 0) is 4.74 Å². The number of fused-ring (bicyclic) bond motifs is 1. The number of benzene rings is 1. The molecule has 11 heteroatoms. The van der Waals surface area contributed by atoms with Gasteiger partial charge in [0.2, 0.25) is 0 Å². The van der Waals surface area contributed by atoms with Crippen molar-refractivity contribution in [3.8, 4) is 11.3 Å². The highest BCUT2D eigenvalue weighted by Crippen LogP contribution is 2.36. The quantitative estimate of drug-likeness (QED) is 0.401. The number of hydrogen-bond acceptors (Lipinski definition) is 6. The highest BCUT2D eigenvalue weighted by Gasteiger charge is 2.31. The summed E-state index contributed by atoms with van der Waals surface area (Å²) in [5.74, 6) is -1.08. The Morgan fingerprint density at radius 1 is 1.14 bits per heavy atom. The lowest BCUT2D eigenvalue weighted by Crippen LogP contribution is -2.43. The van der Waals surface area contributed by atoms with Gasteiger partial charge in [0.15, 0.2) is 5.65 Å². The van der Waals surface area contributed by atoms with Crippen molar-refractivity contribution in [3.63, 3.8) is 0 Å². The van der Waals surface area contributed by atoms with E-state index in [0.29, 0.717) is 30.6 Å². The molecule has 0 bridgehead atoms. The number of rotatable bonds is 4. The van der Waals surface area contributed by atoms with Crippen LogP contribution in [0.25, 0.3) is 16.9 Å². The summed E-state index contributed by atoms with van der Waals surface area (Å²) in [6, 6.07) is 3.68. The summed E-state index contributed by atoms with van der Waals surface area (Å²) in [7, 11) is 0. The fraction of sp³-hybridized carbons (Fsp3) is 0.360. The molecule has 1 aromatic carbocycles. The molecule has 1 aliphatic heterocycles. The Morgan fingerprint density at radius 3 is 2.69 bits per heavy atom. The minimum Gasteiger partial charge on any atom is -0.367 e. The van der Waals surface area contributed by atoms with E-state index in [4.69, 9.17) is 21.3 Å². The fourth-order valence-corrected chi connectivity index (χ4v) is 4.74. The van der Waals surface area contributed by atoms with Gasteiger partial charge in [0.25, 0.3) is 5.56 Å². The van der Waals surface area contributed by atoms with E-state index >= 15 is 0 Å². The van der Waals surface area contributed by atoms with Gasteiger partial charge in [-0.3, -0.25) is 13.9 Å².